The highest BCUT2D eigenvalue weighted by Gasteiger charge is 2.52. The summed E-state index contributed by atoms with van der Waals surface area (Å²) in [5, 5.41) is 0. The number of nitrogens with zero attached hydrogens (tertiary/aromatic N) is 1. The molecule has 0 atom stereocenters. The Morgan fingerprint density at radius 3 is 1.85 bits per heavy atom. The minimum atomic E-state index is 0.233. The minimum absolute atomic E-state index is 0.233. The Morgan fingerprint density at radius 1 is 1.00 bits per heavy atom. The van der Waals surface area contributed by atoms with E-state index < -0.39 is 0 Å². The van der Waals surface area contributed by atoms with Crippen molar-refractivity contribution in [3.8, 4) is 0 Å². The Balaban J connectivity index is 2.29. The van der Waals surface area contributed by atoms with Crippen LogP contribution in [-0.2, 0) is 0 Å². The molecule has 0 unspecified atom stereocenters. The Labute approximate surface area is 126 Å². The average molecular weight is 280 g/mol. The molecule has 2 fully saturated rings. The molecule has 2 nitrogen and oxygen atoms in total. The van der Waals surface area contributed by atoms with E-state index in [1.165, 1.54) is 38.6 Å². The van der Waals surface area contributed by atoms with E-state index in [9.17, 15) is 0 Å². The van der Waals surface area contributed by atoms with E-state index in [2.05, 4.69) is 46.4 Å². The van der Waals surface area contributed by atoms with Crippen LogP contribution < -0.4 is 5.73 Å². The molecule has 0 saturated heterocycles. The van der Waals surface area contributed by atoms with E-state index in [1.807, 2.05) is 0 Å². The molecule has 0 amide bonds. The molecule has 2 aliphatic rings. The standard InChI is InChI=1S/C18H36N2/c1-14(2)9-20(15-7-8-15)18(13-19)11-16(3,4)10-17(5,6)12-18/h14-15H,7-13,19H2,1-6H3. The zero-order valence-electron chi connectivity index (χ0n) is 14.6. The lowest BCUT2D eigenvalue weighted by molar-refractivity contribution is -0.0524. The quantitative estimate of drug-likeness (QED) is 0.823. The predicted molar refractivity (Wildman–Crippen MR) is 87.8 cm³/mol. The third-order valence-electron chi connectivity index (χ3n) is 5.11. The number of rotatable bonds is 5. The molecule has 2 N–H and O–H groups in total. The third-order valence-corrected chi connectivity index (χ3v) is 5.11. The van der Waals surface area contributed by atoms with Crippen LogP contribution >= 0.6 is 0 Å². The van der Waals surface area contributed by atoms with Gasteiger partial charge in [-0.1, -0.05) is 41.5 Å². The summed E-state index contributed by atoms with van der Waals surface area (Å²) in [4.78, 5) is 2.82. The predicted octanol–water partition coefficient (Wildman–Crippen LogP) is 4.04. The van der Waals surface area contributed by atoms with E-state index in [-0.39, 0.29) is 5.54 Å². The Bertz CT molecular complexity index is 323. The maximum Gasteiger partial charge on any atom is 0.0344 e. The molecule has 0 bridgehead atoms. The topological polar surface area (TPSA) is 29.3 Å². The molecule has 2 heteroatoms. The molecule has 0 aromatic heterocycles. The largest absolute Gasteiger partial charge is 0.329 e. The molecule has 20 heavy (non-hydrogen) atoms. The summed E-state index contributed by atoms with van der Waals surface area (Å²) in [6.07, 6.45) is 6.62. The highest BCUT2D eigenvalue weighted by atomic mass is 15.3. The second-order valence-corrected chi connectivity index (χ2v) is 9.56. The van der Waals surface area contributed by atoms with Crippen LogP contribution in [0.15, 0.2) is 0 Å². The van der Waals surface area contributed by atoms with Gasteiger partial charge < -0.3 is 5.73 Å². The fraction of sp³-hybridized carbons (Fsp3) is 1.00. The summed E-state index contributed by atoms with van der Waals surface area (Å²) in [5.41, 5.74) is 7.43. The lowest BCUT2D eigenvalue weighted by atomic mass is 9.57. The third kappa shape index (κ3) is 3.57. The van der Waals surface area contributed by atoms with Crippen molar-refractivity contribution < 1.29 is 0 Å². The second kappa shape index (κ2) is 5.28. The van der Waals surface area contributed by atoms with Gasteiger partial charge in [-0.05, 0) is 48.9 Å². The van der Waals surface area contributed by atoms with Crippen LogP contribution in [0.3, 0.4) is 0 Å². The first kappa shape index (κ1) is 16.3. The van der Waals surface area contributed by atoms with Gasteiger partial charge in [0.1, 0.15) is 0 Å². The molecule has 0 aromatic carbocycles. The molecule has 0 heterocycles. The highest BCUT2D eigenvalue weighted by Crippen LogP contribution is 2.53. The zero-order chi connectivity index (χ0) is 15.2. The number of hydrogen-bond donors (Lipinski definition) is 1. The van der Waals surface area contributed by atoms with Crippen LogP contribution in [0.5, 0.6) is 0 Å². The zero-order valence-corrected chi connectivity index (χ0v) is 14.6. The van der Waals surface area contributed by atoms with Crippen LogP contribution in [0.2, 0.25) is 0 Å². The Kier molecular flexibility index (Phi) is 4.30. The first-order chi connectivity index (χ1) is 9.09. The van der Waals surface area contributed by atoms with Crippen LogP contribution in [0.25, 0.3) is 0 Å². The molecular formula is C18H36N2. The maximum atomic E-state index is 6.38. The van der Waals surface area contributed by atoms with Gasteiger partial charge in [0.05, 0.1) is 0 Å². The number of hydrogen-bond acceptors (Lipinski definition) is 2. The average Bonchev–Trinajstić information content (AvgIpc) is 3.04. The molecule has 0 aromatic rings. The molecule has 2 saturated carbocycles. The van der Waals surface area contributed by atoms with Crippen LogP contribution in [0.4, 0.5) is 0 Å². The smallest absolute Gasteiger partial charge is 0.0344 e. The second-order valence-electron chi connectivity index (χ2n) is 9.56. The molecule has 0 aliphatic heterocycles. The van der Waals surface area contributed by atoms with E-state index in [0.717, 1.165) is 18.5 Å². The van der Waals surface area contributed by atoms with Gasteiger partial charge in [0.25, 0.3) is 0 Å². The fourth-order valence-corrected chi connectivity index (χ4v) is 5.24. The summed E-state index contributed by atoms with van der Waals surface area (Å²) in [6, 6.07) is 0.811. The normalized spacial score (nSPS) is 28.1. The van der Waals surface area contributed by atoms with Crippen molar-refractivity contribution in [1.82, 2.24) is 4.90 Å². The first-order valence-corrected chi connectivity index (χ1v) is 8.56. The summed E-state index contributed by atoms with van der Waals surface area (Å²) >= 11 is 0. The first-order valence-electron chi connectivity index (χ1n) is 8.56. The van der Waals surface area contributed by atoms with E-state index >= 15 is 0 Å². The van der Waals surface area contributed by atoms with E-state index in [0.29, 0.717) is 10.8 Å². The number of nitrogens with two attached hydrogens (primary N) is 1. The summed E-state index contributed by atoms with van der Waals surface area (Å²) in [6.45, 7) is 16.5. The van der Waals surface area contributed by atoms with Gasteiger partial charge in [-0.2, -0.15) is 0 Å². The molecule has 2 rings (SSSR count). The summed E-state index contributed by atoms with van der Waals surface area (Å²) in [5.74, 6) is 0.729. The molecule has 0 radical (unpaired) electrons. The summed E-state index contributed by atoms with van der Waals surface area (Å²) < 4.78 is 0. The van der Waals surface area contributed by atoms with Gasteiger partial charge in [0, 0.05) is 24.7 Å². The van der Waals surface area contributed by atoms with Crippen molar-refractivity contribution >= 4 is 0 Å². The minimum Gasteiger partial charge on any atom is -0.329 e. The van der Waals surface area contributed by atoms with E-state index in [1.54, 1.807) is 0 Å². The molecule has 2 aliphatic carbocycles. The molecular weight excluding hydrogens is 244 g/mol. The maximum absolute atomic E-state index is 6.38. The SMILES string of the molecule is CC(C)CN(C1CC1)C1(CN)CC(C)(C)CC(C)(C)C1. The van der Waals surface area contributed by atoms with Crippen molar-refractivity contribution in [1.29, 1.82) is 0 Å². The lowest BCUT2D eigenvalue weighted by Gasteiger charge is -2.57. The van der Waals surface area contributed by atoms with Gasteiger partial charge in [0.15, 0.2) is 0 Å². The van der Waals surface area contributed by atoms with Crippen LogP contribution in [0.1, 0.15) is 73.6 Å². The van der Waals surface area contributed by atoms with Crippen molar-refractivity contribution in [3.05, 3.63) is 0 Å². The summed E-state index contributed by atoms with van der Waals surface area (Å²) in [7, 11) is 0. The van der Waals surface area contributed by atoms with Gasteiger partial charge >= 0.3 is 0 Å². The monoisotopic (exact) mass is 280 g/mol. The Hall–Kier alpha value is -0.0800. The van der Waals surface area contributed by atoms with Crippen LogP contribution in [0, 0.1) is 16.7 Å². The Morgan fingerprint density at radius 2 is 1.50 bits per heavy atom. The van der Waals surface area contributed by atoms with Gasteiger partial charge in [-0.3, -0.25) is 4.90 Å². The molecule has 0 spiro atoms. The van der Waals surface area contributed by atoms with Gasteiger partial charge in [-0.15, -0.1) is 0 Å². The van der Waals surface area contributed by atoms with Crippen molar-refractivity contribution in [3.63, 3.8) is 0 Å². The van der Waals surface area contributed by atoms with Crippen LogP contribution in [-0.4, -0.2) is 29.6 Å². The van der Waals surface area contributed by atoms with Gasteiger partial charge in [-0.25, -0.2) is 0 Å². The van der Waals surface area contributed by atoms with Crippen molar-refractivity contribution in [2.45, 2.75) is 85.2 Å². The molecule has 118 valence electrons. The fourth-order valence-electron chi connectivity index (χ4n) is 5.24. The van der Waals surface area contributed by atoms with Crippen molar-refractivity contribution in [2.24, 2.45) is 22.5 Å². The van der Waals surface area contributed by atoms with E-state index in [4.69, 9.17) is 5.73 Å². The van der Waals surface area contributed by atoms with Gasteiger partial charge in [0.2, 0.25) is 0 Å². The highest BCUT2D eigenvalue weighted by molar-refractivity contribution is 5.07. The lowest BCUT2D eigenvalue weighted by Crippen LogP contribution is -2.62. The van der Waals surface area contributed by atoms with Crippen molar-refractivity contribution in [2.75, 3.05) is 13.1 Å².